The van der Waals surface area contributed by atoms with Crippen LogP contribution in [0.1, 0.15) is 32.6 Å². The van der Waals surface area contributed by atoms with Crippen molar-refractivity contribution in [1.82, 2.24) is 5.32 Å². The first-order valence-electron chi connectivity index (χ1n) is 5.25. The molecule has 0 aliphatic heterocycles. The fourth-order valence-electron chi connectivity index (χ4n) is 2.05. The molecule has 0 aromatic carbocycles. The van der Waals surface area contributed by atoms with Crippen LogP contribution in [-0.4, -0.2) is 19.3 Å². The fourth-order valence-corrected chi connectivity index (χ4v) is 2.05. The lowest BCUT2D eigenvalue weighted by Gasteiger charge is -2.11. The molecule has 1 saturated carbocycles. The zero-order valence-corrected chi connectivity index (χ0v) is 8.53. The zero-order chi connectivity index (χ0) is 10.6. The highest BCUT2D eigenvalue weighted by molar-refractivity contribution is 4.74. The Morgan fingerprint density at radius 3 is 2.50 bits per heavy atom. The highest BCUT2D eigenvalue weighted by Crippen LogP contribution is 2.29. The van der Waals surface area contributed by atoms with Gasteiger partial charge >= 0.3 is 6.18 Å². The molecule has 1 N–H and O–H groups in total. The van der Waals surface area contributed by atoms with Gasteiger partial charge in [-0.25, -0.2) is 0 Å². The van der Waals surface area contributed by atoms with Gasteiger partial charge in [-0.05, 0) is 31.2 Å². The molecule has 0 heterocycles. The number of rotatable bonds is 4. The molecule has 0 bridgehead atoms. The third-order valence-electron chi connectivity index (χ3n) is 2.82. The van der Waals surface area contributed by atoms with Crippen LogP contribution >= 0.6 is 0 Å². The van der Waals surface area contributed by atoms with Crippen molar-refractivity contribution in [2.24, 2.45) is 11.8 Å². The Hall–Kier alpha value is -0.250. The van der Waals surface area contributed by atoms with E-state index in [2.05, 4.69) is 12.2 Å². The molecule has 1 rings (SSSR count). The average Bonchev–Trinajstić information content (AvgIpc) is 2.44. The van der Waals surface area contributed by atoms with Gasteiger partial charge in [0.05, 0.1) is 6.42 Å². The summed E-state index contributed by atoms with van der Waals surface area (Å²) in [6, 6.07) is 0. The molecule has 14 heavy (non-hydrogen) atoms. The predicted octanol–water partition coefficient (Wildman–Crippen LogP) is 2.96. The first-order valence-corrected chi connectivity index (χ1v) is 5.25. The summed E-state index contributed by atoms with van der Waals surface area (Å²) in [5, 5.41) is 2.88. The van der Waals surface area contributed by atoms with Gasteiger partial charge in [0.25, 0.3) is 0 Å². The third-order valence-corrected chi connectivity index (χ3v) is 2.82. The second-order valence-electron chi connectivity index (χ2n) is 4.35. The van der Waals surface area contributed by atoms with Crippen molar-refractivity contribution < 1.29 is 13.2 Å². The Morgan fingerprint density at radius 2 is 2.00 bits per heavy atom. The maximum absolute atomic E-state index is 11.8. The summed E-state index contributed by atoms with van der Waals surface area (Å²) in [6.07, 6.45) is -1.17. The van der Waals surface area contributed by atoms with E-state index in [-0.39, 0.29) is 6.54 Å². The zero-order valence-electron chi connectivity index (χ0n) is 8.53. The summed E-state index contributed by atoms with van der Waals surface area (Å²) in [5.41, 5.74) is 0. The number of alkyl halides is 3. The predicted molar refractivity (Wildman–Crippen MR) is 50.0 cm³/mol. The molecule has 4 heteroatoms. The van der Waals surface area contributed by atoms with Crippen LogP contribution in [0.2, 0.25) is 0 Å². The molecule has 0 radical (unpaired) electrons. The lowest BCUT2D eigenvalue weighted by atomic mass is 10.1. The minimum Gasteiger partial charge on any atom is -0.316 e. The van der Waals surface area contributed by atoms with Crippen LogP contribution in [0.5, 0.6) is 0 Å². The van der Waals surface area contributed by atoms with Crippen LogP contribution in [0.15, 0.2) is 0 Å². The highest BCUT2D eigenvalue weighted by Gasteiger charge is 2.26. The van der Waals surface area contributed by atoms with Gasteiger partial charge in [-0.2, -0.15) is 13.2 Å². The maximum Gasteiger partial charge on any atom is 0.390 e. The molecule has 1 nitrogen and oxygen atoms in total. The molecule has 0 spiro atoms. The molecule has 0 aromatic rings. The van der Waals surface area contributed by atoms with E-state index in [9.17, 15) is 13.2 Å². The molecule has 84 valence electrons. The highest BCUT2D eigenvalue weighted by atomic mass is 19.4. The van der Waals surface area contributed by atoms with Crippen molar-refractivity contribution in [2.45, 2.75) is 38.8 Å². The van der Waals surface area contributed by atoms with Crippen molar-refractivity contribution in [3.63, 3.8) is 0 Å². The summed E-state index contributed by atoms with van der Waals surface area (Å²) in [5.74, 6) is 1.35. The molecule has 1 aliphatic rings. The monoisotopic (exact) mass is 209 g/mol. The summed E-state index contributed by atoms with van der Waals surface area (Å²) in [6.45, 7) is 3.02. The Kier molecular flexibility index (Phi) is 4.23. The molecule has 0 saturated heterocycles. The smallest absolute Gasteiger partial charge is 0.316 e. The van der Waals surface area contributed by atoms with E-state index in [4.69, 9.17) is 0 Å². The van der Waals surface area contributed by atoms with Crippen molar-refractivity contribution in [3.05, 3.63) is 0 Å². The molecule has 1 aliphatic carbocycles. The van der Waals surface area contributed by atoms with Crippen molar-refractivity contribution in [3.8, 4) is 0 Å². The largest absolute Gasteiger partial charge is 0.390 e. The van der Waals surface area contributed by atoms with Gasteiger partial charge in [-0.1, -0.05) is 13.3 Å². The van der Waals surface area contributed by atoms with Crippen molar-refractivity contribution in [2.75, 3.05) is 13.1 Å². The first kappa shape index (κ1) is 11.8. The SMILES string of the molecule is CC1CCC(CNCCC(F)(F)F)C1. The molecule has 2 atom stereocenters. The number of halogens is 3. The molecular formula is C10H18F3N. The van der Waals surface area contributed by atoms with Crippen LogP contribution in [0.3, 0.4) is 0 Å². The van der Waals surface area contributed by atoms with E-state index >= 15 is 0 Å². The van der Waals surface area contributed by atoms with Gasteiger partial charge in [0.1, 0.15) is 0 Å². The van der Waals surface area contributed by atoms with Crippen LogP contribution < -0.4 is 5.32 Å². The van der Waals surface area contributed by atoms with Crippen LogP contribution in [0.4, 0.5) is 13.2 Å². The Morgan fingerprint density at radius 1 is 1.29 bits per heavy atom. The number of nitrogens with one attached hydrogen (secondary N) is 1. The van der Waals surface area contributed by atoms with Crippen molar-refractivity contribution in [1.29, 1.82) is 0 Å². The quantitative estimate of drug-likeness (QED) is 0.702. The minimum atomic E-state index is -4.02. The van der Waals surface area contributed by atoms with Gasteiger partial charge in [-0.3, -0.25) is 0 Å². The van der Waals surface area contributed by atoms with E-state index in [1.165, 1.54) is 19.3 Å². The van der Waals surface area contributed by atoms with Gasteiger partial charge in [0.15, 0.2) is 0 Å². The lowest BCUT2D eigenvalue weighted by molar-refractivity contribution is -0.133. The average molecular weight is 209 g/mol. The second kappa shape index (κ2) is 5.01. The third kappa shape index (κ3) is 4.84. The Labute approximate surface area is 83.1 Å². The van der Waals surface area contributed by atoms with E-state index in [1.807, 2.05) is 0 Å². The van der Waals surface area contributed by atoms with Gasteiger partial charge in [0, 0.05) is 6.54 Å². The Balaban J connectivity index is 1.99. The van der Waals surface area contributed by atoms with Gasteiger partial charge < -0.3 is 5.32 Å². The molecular weight excluding hydrogens is 191 g/mol. The molecule has 2 unspecified atom stereocenters. The summed E-state index contributed by atoms with van der Waals surface area (Å²) in [7, 11) is 0. The molecule has 1 fully saturated rings. The van der Waals surface area contributed by atoms with Crippen LogP contribution in [0, 0.1) is 11.8 Å². The van der Waals surface area contributed by atoms with E-state index < -0.39 is 12.6 Å². The van der Waals surface area contributed by atoms with Gasteiger partial charge in [-0.15, -0.1) is 0 Å². The van der Waals surface area contributed by atoms with Crippen molar-refractivity contribution >= 4 is 0 Å². The normalized spacial score (nSPS) is 28.3. The lowest BCUT2D eigenvalue weighted by Crippen LogP contribution is -2.26. The van der Waals surface area contributed by atoms with E-state index in [1.54, 1.807) is 0 Å². The van der Waals surface area contributed by atoms with E-state index in [0.29, 0.717) is 5.92 Å². The maximum atomic E-state index is 11.8. The van der Waals surface area contributed by atoms with Crippen LogP contribution in [-0.2, 0) is 0 Å². The molecule has 0 amide bonds. The summed E-state index contributed by atoms with van der Waals surface area (Å²) >= 11 is 0. The molecule has 0 aromatic heterocycles. The van der Waals surface area contributed by atoms with E-state index in [0.717, 1.165) is 12.5 Å². The number of hydrogen-bond donors (Lipinski definition) is 1. The van der Waals surface area contributed by atoms with Gasteiger partial charge in [0.2, 0.25) is 0 Å². The number of hydrogen-bond acceptors (Lipinski definition) is 1. The minimum absolute atomic E-state index is 0.0639. The standard InChI is InChI=1S/C10H18F3N/c1-8-2-3-9(6-8)7-14-5-4-10(11,12)13/h8-9,14H,2-7H2,1H3. The summed E-state index contributed by atoms with van der Waals surface area (Å²) < 4.78 is 35.3. The Bertz CT molecular complexity index is 167. The first-order chi connectivity index (χ1) is 6.47. The van der Waals surface area contributed by atoms with Crippen LogP contribution in [0.25, 0.3) is 0 Å². The fraction of sp³-hybridized carbons (Fsp3) is 1.00. The topological polar surface area (TPSA) is 12.0 Å². The second-order valence-corrected chi connectivity index (χ2v) is 4.35. The summed E-state index contributed by atoms with van der Waals surface area (Å²) in [4.78, 5) is 0.